The summed E-state index contributed by atoms with van der Waals surface area (Å²) in [5.41, 5.74) is 8.78. The molecule has 13 heavy (non-hydrogen) atoms. The fourth-order valence-corrected chi connectivity index (χ4v) is 1.23. The maximum absolute atomic E-state index is 8.69. The van der Waals surface area contributed by atoms with E-state index in [0.717, 1.165) is 29.8 Å². The molecule has 1 heterocycles. The predicted molar refractivity (Wildman–Crippen MR) is 52.1 cm³/mol. The van der Waals surface area contributed by atoms with Gasteiger partial charge in [-0.05, 0) is 25.0 Å². The van der Waals surface area contributed by atoms with Crippen LogP contribution in [-0.2, 0) is 6.42 Å². The largest absolute Gasteiger partial charge is 0.397 e. The molecule has 68 valence electrons. The maximum Gasteiger partial charge on any atom is 0.141 e. The average Bonchev–Trinajstić information content (AvgIpc) is 2.13. The van der Waals surface area contributed by atoms with Gasteiger partial charge in [-0.3, -0.25) is 0 Å². The number of nitrogens with two attached hydrogens (primary N) is 1. The molecular formula is C10H13N3. The van der Waals surface area contributed by atoms with Crippen LogP contribution in [0.5, 0.6) is 0 Å². The Hall–Kier alpha value is -1.56. The molecule has 0 amide bonds. The standard InChI is InChI=1S/C10H13N3/c1-3-4-9-10(12)7(2)5-8(6-11)13-9/h5H,3-4,12H2,1-2H3. The highest BCUT2D eigenvalue weighted by Crippen LogP contribution is 2.17. The molecule has 0 atom stereocenters. The van der Waals surface area contributed by atoms with E-state index in [-0.39, 0.29) is 0 Å². The van der Waals surface area contributed by atoms with Crippen molar-refractivity contribution in [3.63, 3.8) is 0 Å². The Labute approximate surface area is 78.2 Å². The third-order valence-corrected chi connectivity index (χ3v) is 1.95. The lowest BCUT2D eigenvalue weighted by atomic mass is 10.1. The summed E-state index contributed by atoms with van der Waals surface area (Å²) in [6, 6.07) is 3.74. The first-order chi connectivity index (χ1) is 6.19. The quantitative estimate of drug-likeness (QED) is 0.745. The number of nitrogen functional groups attached to an aromatic ring is 1. The van der Waals surface area contributed by atoms with Crippen molar-refractivity contribution < 1.29 is 0 Å². The molecule has 0 radical (unpaired) electrons. The molecule has 3 nitrogen and oxygen atoms in total. The van der Waals surface area contributed by atoms with E-state index in [1.807, 2.05) is 13.0 Å². The van der Waals surface area contributed by atoms with Gasteiger partial charge in [-0.15, -0.1) is 0 Å². The van der Waals surface area contributed by atoms with Gasteiger partial charge >= 0.3 is 0 Å². The number of pyridine rings is 1. The summed E-state index contributed by atoms with van der Waals surface area (Å²) in [5, 5.41) is 8.69. The highest BCUT2D eigenvalue weighted by Gasteiger charge is 2.05. The first kappa shape index (κ1) is 9.53. The van der Waals surface area contributed by atoms with E-state index >= 15 is 0 Å². The van der Waals surface area contributed by atoms with Crippen molar-refractivity contribution in [3.8, 4) is 6.07 Å². The third-order valence-electron chi connectivity index (χ3n) is 1.95. The first-order valence-electron chi connectivity index (χ1n) is 4.35. The lowest BCUT2D eigenvalue weighted by Crippen LogP contribution is -2.02. The second-order valence-electron chi connectivity index (χ2n) is 3.05. The molecule has 2 N–H and O–H groups in total. The summed E-state index contributed by atoms with van der Waals surface area (Å²) in [4.78, 5) is 4.16. The zero-order chi connectivity index (χ0) is 9.84. The van der Waals surface area contributed by atoms with Crippen LogP contribution in [-0.4, -0.2) is 4.98 Å². The molecule has 0 aliphatic rings. The Kier molecular flexibility index (Phi) is 2.86. The van der Waals surface area contributed by atoms with Gasteiger partial charge in [0, 0.05) is 0 Å². The molecule has 0 fully saturated rings. The van der Waals surface area contributed by atoms with Gasteiger partial charge in [0.25, 0.3) is 0 Å². The smallest absolute Gasteiger partial charge is 0.141 e. The van der Waals surface area contributed by atoms with Crippen LogP contribution in [0.3, 0.4) is 0 Å². The zero-order valence-electron chi connectivity index (χ0n) is 7.96. The van der Waals surface area contributed by atoms with E-state index in [4.69, 9.17) is 11.0 Å². The van der Waals surface area contributed by atoms with Crippen LogP contribution in [0.2, 0.25) is 0 Å². The second kappa shape index (κ2) is 3.90. The van der Waals surface area contributed by atoms with E-state index in [0.29, 0.717) is 5.69 Å². The molecule has 1 aromatic rings. The minimum absolute atomic E-state index is 0.454. The van der Waals surface area contributed by atoms with Crippen LogP contribution in [0.15, 0.2) is 6.07 Å². The minimum Gasteiger partial charge on any atom is -0.397 e. The fourth-order valence-electron chi connectivity index (χ4n) is 1.23. The molecule has 1 aromatic heterocycles. The van der Waals surface area contributed by atoms with Crippen molar-refractivity contribution in [2.24, 2.45) is 0 Å². The summed E-state index contributed by atoms with van der Waals surface area (Å²) >= 11 is 0. The number of nitrogens with zero attached hydrogens (tertiary/aromatic N) is 2. The van der Waals surface area contributed by atoms with Gasteiger partial charge < -0.3 is 5.73 Å². The average molecular weight is 175 g/mol. The van der Waals surface area contributed by atoms with Gasteiger partial charge in [-0.2, -0.15) is 5.26 Å². The number of rotatable bonds is 2. The Morgan fingerprint density at radius 3 is 2.85 bits per heavy atom. The third kappa shape index (κ3) is 1.97. The Balaban J connectivity index is 3.18. The van der Waals surface area contributed by atoms with E-state index in [1.165, 1.54) is 0 Å². The molecule has 0 spiro atoms. The molecule has 0 aliphatic heterocycles. The van der Waals surface area contributed by atoms with Gasteiger partial charge in [-0.1, -0.05) is 13.3 Å². The Morgan fingerprint density at radius 2 is 2.31 bits per heavy atom. The first-order valence-corrected chi connectivity index (χ1v) is 4.35. The van der Waals surface area contributed by atoms with Gasteiger partial charge in [-0.25, -0.2) is 4.98 Å². The van der Waals surface area contributed by atoms with Crippen LogP contribution in [0.25, 0.3) is 0 Å². The van der Waals surface area contributed by atoms with Crippen molar-refractivity contribution in [2.45, 2.75) is 26.7 Å². The van der Waals surface area contributed by atoms with Crippen LogP contribution >= 0.6 is 0 Å². The van der Waals surface area contributed by atoms with Gasteiger partial charge in [0.15, 0.2) is 0 Å². The topological polar surface area (TPSA) is 62.7 Å². The van der Waals surface area contributed by atoms with E-state index in [2.05, 4.69) is 11.9 Å². The van der Waals surface area contributed by atoms with Crippen LogP contribution in [0.4, 0.5) is 5.69 Å². The van der Waals surface area contributed by atoms with Gasteiger partial charge in [0.05, 0.1) is 11.4 Å². The van der Waals surface area contributed by atoms with E-state index in [9.17, 15) is 0 Å². The normalized spacial score (nSPS) is 9.62. The lowest BCUT2D eigenvalue weighted by molar-refractivity contribution is 0.880. The molecule has 0 aliphatic carbocycles. The van der Waals surface area contributed by atoms with Crippen LogP contribution in [0, 0.1) is 18.3 Å². The summed E-state index contributed by atoms with van der Waals surface area (Å²) < 4.78 is 0. The molecule has 0 saturated carbocycles. The Morgan fingerprint density at radius 1 is 1.62 bits per heavy atom. The highest BCUT2D eigenvalue weighted by atomic mass is 14.8. The molecular weight excluding hydrogens is 162 g/mol. The van der Waals surface area contributed by atoms with E-state index in [1.54, 1.807) is 6.07 Å². The van der Waals surface area contributed by atoms with Crippen molar-refractivity contribution in [3.05, 3.63) is 23.0 Å². The summed E-state index contributed by atoms with van der Waals surface area (Å²) in [6.07, 6.45) is 1.83. The maximum atomic E-state index is 8.69. The molecule has 0 aromatic carbocycles. The zero-order valence-corrected chi connectivity index (χ0v) is 7.96. The number of aromatic nitrogens is 1. The summed E-state index contributed by atoms with van der Waals surface area (Å²) in [6.45, 7) is 3.96. The van der Waals surface area contributed by atoms with Crippen molar-refractivity contribution in [1.29, 1.82) is 5.26 Å². The number of aryl methyl sites for hydroxylation is 2. The Bertz CT molecular complexity index is 350. The number of anilines is 1. The molecule has 3 heteroatoms. The van der Waals surface area contributed by atoms with E-state index < -0.39 is 0 Å². The number of hydrogen-bond acceptors (Lipinski definition) is 3. The van der Waals surface area contributed by atoms with Gasteiger partial charge in [0.2, 0.25) is 0 Å². The van der Waals surface area contributed by atoms with Crippen molar-refractivity contribution in [2.75, 3.05) is 5.73 Å². The SMILES string of the molecule is CCCc1nc(C#N)cc(C)c1N. The summed E-state index contributed by atoms with van der Waals surface area (Å²) in [5.74, 6) is 0. The molecule has 0 unspecified atom stereocenters. The van der Waals surface area contributed by atoms with Gasteiger partial charge in [0.1, 0.15) is 11.8 Å². The van der Waals surface area contributed by atoms with Crippen molar-refractivity contribution >= 4 is 5.69 Å². The number of hydrogen-bond donors (Lipinski definition) is 1. The molecule has 1 rings (SSSR count). The fraction of sp³-hybridized carbons (Fsp3) is 0.400. The highest BCUT2D eigenvalue weighted by molar-refractivity contribution is 5.52. The number of nitriles is 1. The predicted octanol–water partition coefficient (Wildman–Crippen LogP) is 1.80. The van der Waals surface area contributed by atoms with Crippen molar-refractivity contribution in [1.82, 2.24) is 4.98 Å². The molecule has 0 saturated heterocycles. The lowest BCUT2D eigenvalue weighted by Gasteiger charge is -2.06. The summed E-state index contributed by atoms with van der Waals surface area (Å²) in [7, 11) is 0. The minimum atomic E-state index is 0.454. The second-order valence-corrected chi connectivity index (χ2v) is 3.05. The monoisotopic (exact) mass is 175 g/mol. The van der Waals surface area contributed by atoms with Crippen LogP contribution < -0.4 is 5.73 Å². The van der Waals surface area contributed by atoms with Crippen LogP contribution in [0.1, 0.15) is 30.3 Å². The molecule has 0 bridgehead atoms.